The minimum atomic E-state index is -4.80. The lowest BCUT2D eigenvalue weighted by Crippen LogP contribution is -2.19. The molecule has 2 aromatic rings. The van der Waals surface area contributed by atoms with E-state index in [1.165, 1.54) is 6.92 Å². The number of alkyl halides is 6. The van der Waals surface area contributed by atoms with E-state index >= 15 is 0 Å². The monoisotopic (exact) mass is 691 g/mol. The molecular weight excluding hydrogens is 660 g/mol. The topological polar surface area (TPSA) is 167 Å². The number of hydrogen-bond acceptors (Lipinski definition) is 10. The maximum absolute atomic E-state index is 13.5. The molecule has 0 aliphatic carbocycles. The smallest absolute Gasteiger partial charge is 0.417 e. The Morgan fingerprint density at radius 2 is 1.06 bits per heavy atom. The summed E-state index contributed by atoms with van der Waals surface area (Å²) in [7, 11) is 2.09. The number of benzene rings is 2. The fourth-order valence-electron chi connectivity index (χ4n) is 3.88. The van der Waals surface area contributed by atoms with Crippen LogP contribution < -0.4 is 10.6 Å². The zero-order valence-corrected chi connectivity index (χ0v) is 26.6. The van der Waals surface area contributed by atoms with Crippen LogP contribution in [0.15, 0.2) is 29.3 Å². The van der Waals surface area contributed by atoms with Gasteiger partial charge in [-0.05, 0) is 45.0 Å². The minimum Gasteiger partial charge on any atom is -0.465 e. The third-order valence-electron chi connectivity index (χ3n) is 5.88. The Hall–Kier alpha value is -5.29. The first-order chi connectivity index (χ1) is 22.1. The summed E-state index contributed by atoms with van der Waals surface area (Å²) in [5.41, 5.74) is -4.88. The van der Waals surface area contributed by atoms with Crippen molar-refractivity contribution in [3.8, 4) is 0 Å². The van der Waals surface area contributed by atoms with E-state index in [-0.39, 0.29) is 34.8 Å². The third-order valence-corrected chi connectivity index (χ3v) is 5.88. The SMILES string of the molecule is CCOC(=O)CN=C(C)c1cc(C(=O)OC)c(NC(C)=O)cc1C(F)(F)F.COC(=O)c1cc(C(C)=O)c(C(F)(F)F)cc1NC(C)=O. The highest BCUT2D eigenvalue weighted by Gasteiger charge is 2.37. The van der Waals surface area contributed by atoms with Gasteiger partial charge in [-0.25, -0.2) is 9.59 Å². The van der Waals surface area contributed by atoms with Gasteiger partial charge in [0.15, 0.2) is 5.78 Å². The van der Waals surface area contributed by atoms with Crippen LogP contribution in [0.5, 0.6) is 0 Å². The number of halogens is 6. The normalized spacial score (nSPS) is 11.4. The molecular formula is C30H31F6N3O9. The highest BCUT2D eigenvalue weighted by Crippen LogP contribution is 2.37. The van der Waals surface area contributed by atoms with Crippen molar-refractivity contribution in [3.63, 3.8) is 0 Å². The molecule has 0 fully saturated rings. The lowest BCUT2D eigenvalue weighted by molar-refractivity contribution is -0.141. The third kappa shape index (κ3) is 11.5. The lowest BCUT2D eigenvalue weighted by Gasteiger charge is -2.17. The van der Waals surface area contributed by atoms with Crippen molar-refractivity contribution < 1.29 is 69.3 Å². The molecule has 48 heavy (non-hydrogen) atoms. The Balaban J connectivity index is 0.000000495. The molecule has 262 valence electrons. The molecule has 0 spiro atoms. The summed E-state index contributed by atoms with van der Waals surface area (Å²) in [6, 6.07) is 2.86. The minimum absolute atomic E-state index is 0.110. The summed E-state index contributed by atoms with van der Waals surface area (Å²) in [5.74, 6) is -4.78. The van der Waals surface area contributed by atoms with E-state index in [1.54, 1.807) is 6.92 Å². The van der Waals surface area contributed by atoms with Gasteiger partial charge < -0.3 is 24.8 Å². The molecule has 0 bridgehead atoms. The molecule has 2 amide bonds. The second-order valence-corrected chi connectivity index (χ2v) is 9.49. The van der Waals surface area contributed by atoms with Gasteiger partial charge in [0.25, 0.3) is 0 Å². The summed E-state index contributed by atoms with van der Waals surface area (Å²) < 4.78 is 93.0. The van der Waals surface area contributed by atoms with E-state index in [0.29, 0.717) is 12.1 Å². The van der Waals surface area contributed by atoms with Gasteiger partial charge in [-0.2, -0.15) is 26.3 Å². The van der Waals surface area contributed by atoms with E-state index < -0.39 is 76.7 Å². The Bertz CT molecular complexity index is 1620. The van der Waals surface area contributed by atoms with Crippen molar-refractivity contribution in [3.05, 3.63) is 57.6 Å². The molecule has 0 saturated carbocycles. The fourth-order valence-corrected chi connectivity index (χ4v) is 3.88. The van der Waals surface area contributed by atoms with Crippen molar-refractivity contribution in [2.24, 2.45) is 4.99 Å². The van der Waals surface area contributed by atoms with Crippen LogP contribution >= 0.6 is 0 Å². The zero-order valence-electron chi connectivity index (χ0n) is 26.6. The first-order valence-electron chi connectivity index (χ1n) is 13.5. The van der Waals surface area contributed by atoms with Gasteiger partial charge in [-0.1, -0.05) is 0 Å². The van der Waals surface area contributed by atoms with Crippen LogP contribution in [0.1, 0.15) is 82.4 Å². The number of carbonyl (C=O) groups excluding carboxylic acids is 6. The molecule has 18 heteroatoms. The van der Waals surface area contributed by atoms with Crippen LogP contribution in [0.3, 0.4) is 0 Å². The first kappa shape index (κ1) is 40.7. The highest BCUT2D eigenvalue weighted by molar-refractivity contribution is 6.07. The van der Waals surface area contributed by atoms with Gasteiger partial charge in [0.1, 0.15) is 6.54 Å². The van der Waals surface area contributed by atoms with E-state index in [0.717, 1.165) is 47.1 Å². The number of nitrogens with zero attached hydrogens (tertiary/aromatic N) is 1. The number of ether oxygens (including phenoxy) is 3. The van der Waals surface area contributed by atoms with Gasteiger partial charge >= 0.3 is 30.3 Å². The van der Waals surface area contributed by atoms with Crippen LogP contribution in [0.4, 0.5) is 37.7 Å². The number of aliphatic imine (C=N–C) groups is 1. The molecule has 0 heterocycles. The molecule has 2 N–H and O–H groups in total. The lowest BCUT2D eigenvalue weighted by atomic mass is 9.98. The van der Waals surface area contributed by atoms with Crippen LogP contribution in [0.2, 0.25) is 0 Å². The molecule has 0 radical (unpaired) electrons. The second-order valence-electron chi connectivity index (χ2n) is 9.49. The van der Waals surface area contributed by atoms with E-state index in [4.69, 9.17) is 0 Å². The molecule has 0 aromatic heterocycles. The standard InChI is InChI=1S/C17H19F3N2O5.C13H12F3NO4/c1-5-27-15(24)8-21-9(2)11-6-12(16(25)26-4)14(22-10(3)23)7-13(11)17(18,19)20;1-6(18)8-4-9(12(20)21-3)11(17-7(2)19)5-10(8)13(14,15)16/h6-7H,5,8H2,1-4H3,(H,22,23);4-5H,1-3H3,(H,17,19). The largest absolute Gasteiger partial charge is 0.465 e. The van der Waals surface area contributed by atoms with E-state index in [9.17, 15) is 55.1 Å². The van der Waals surface area contributed by atoms with Crippen molar-refractivity contribution in [2.75, 3.05) is 38.0 Å². The number of ketones is 1. The van der Waals surface area contributed by atoms with Gasteiger partial charge in [0, 0.05) is 30.7 Å². The van der Waals surface area contributed by atoms with E-state index in [2.05, 4.69) is 29.8 Å². The molecule has 0 aliphatic heterocycles. The van der Waals surface area contributed by atoms with Crippen LogP contribution in [0.25, 0.3) is 0 Å². The maximum atomic E-state index is 13.5. The number of hydrogen-bond donors (Lipinski definition) is 2. The van der Waals surface area contributed by atoms with Crippen LogP contribution in [-0.4, -0.2) is 68.6 Å². The number of Topliss-reactive ketones (excluding diaryl/α,β-unsaturated/α-hetero) is 1. The molecule has 0 saturated heterocycles. The van der Waals surface area contributed by atoms with Crippen molar-refractivity contribution in [1.82, 2.24) is 0 Å². The molecule has 2 aromatic carbocycles. The van der Waals surface area contributed by atoms with Crippen LogP contribution in [-0.2, 0) is 40.9 Å². The number of carbonyl (C=O) groups is 6. The summed E-state index contributed by atoms with van der Waals surface area (Å²) in [4.78, 5) is 72.4. The predicted molar refractivity (Wildman–Crippen MR) is 158 cm³/mol. The Labute approximate surface area is 269 Å². The first-order valence-corrected chi connectivity index (χ1v) is 13.5. The maximum Gasteiger partial charge on any atom is 0.417 e. The Morgan fingerprint density at radius 1 is 0.667 bits per heavy atom. The Kier molecular flexibility index (Phi) is 14.5. The summed E-state index contributed by atoms with van der Waals surface area (Å²) in [6.07, 6.45) is -9.60. The number of nitrogens with one attached hydrogen (secondary N) is 2. The quantitative estimate of drug-likeness (QED) is 0.114. The van der Waals surface area contributed by atoms with Gasteiger partial charge in [0.05, 0.1) is 54.5 Å². The average molecular weight is 692 g/mol. The molecule has 0 aliphatic rings. The van der Waals surface area contributed by atoms with Gasteiger partial charge in [-0.3, -0.25) is 24.2 Å². The average Bonchev–Trinajstić information content (AvgIpc) is 2.97. The predicted octanol–water partition coefficient (Wildman–Crippen LogP) is 5.48. The number of anilines is 2. The summed E-state index contributed by atoms with van der Waals surface area (Å²) in [6.45, 7) is 5.60. The Morgan fingerprint density at radius 3 is 1.40 bits per heavy atom. The van der Waals surface area contributed by atoms with E-state index in [1.807, 2.05) is 0 Å². The number of methoxy groups -OCH3 is 2. The van der Waals surface area contributed by atoms with Crippen LogP contribution in [0, 0.1) is 0 Å². The van der Waals surface area contributed by atoms with Gasteiger partial charge in [0.2, 0.25) is 11.8 Å². The molecule has 0 atom stereocenters. The summed E-state index contributed by atoms with van der Waals surface area (Å²) >= 11 is 0. The number of rotatable bonds is 9. The number of esters is 3. The second kappa shape index (κ2) is 17.0. The molecule has 0 unspecified atom stereocenters. The van der Waals surface area contributed by atoms with Gasteiger partial charge in [-0.15, -0.1) is 0 Å². The van der Waals surface area contributed by atoms with Crippen molar-refractivity contribution in [1.29, 1.82) is 0 Å². The summed E-state index contributed by atoms with van der Waals surface area (Å²) in [5, 5.41) is 4.30. The molecule has 12 nitrogen and oxygen atoms in total. The zero-order chi connectivity index (χ0) is 37.1. The van der Waals surface area contributed by atoms with Crippen molar-refractivity contribution in [2.45, 2.75) is 47.0 Å². The van der Waals surface area contributed by atoms with Crippen molar-refractivity contribution >= 4 is 52.6 Å². The number of amides is 2. The highest BCUT2D eigenvalue weighted by atomic mass is 19.4. The fraction of sp³-hybridized carbons (Fsp3) is 0.367. The molecule has 2 rings (SSSR count).